The van der Waals surface area contributed by atoms with E-state index in [1.54, 1.807) is 0 Å². The van der Waals surface area contributed by atoms with E-state index in [1.165, 1.54) is 0 Å². The Labute approximate surface area is 168 Å². The van der Waals surface area contributed by atoms with Crippen molar-refractivity contribution < 1.29 is 28.5 Å². The Kier molecular flexibility index (Phi) is 17.0. The smallest absolute Gasteiger partial charge is 0.222 e. The molecular formula is C21H31NO6. The first kappa shape index (κ1) is 26.0. The molecule has 0 radical (unpaired) electrons. The minimum Gasteiger partial charge on any atom is -0.379 e. The fourth-order valence-corrected chi connectivity index (χ4v) is 2.14. The summed E-state index contributed by atoms with van der Waals surface area (Å²) in [6.45, 7) is 4.44. The molecule has 1 amide bonds. The van der Waals surface area contributed by atoms with Crippen LogP contribution in [0.1, 0.15) is 19.8 Å². The normalized spacial score (nSPS) is 10.6. The van der Waals surface area contributed by atoms with Gasteiger partial charge in [-0.1, -0.05) is 24.7 Å². The van der Waals surface area contributed by atoms with Crippen LogP contribution in [0.5, 0.6) is 0 Å². The van der Waals surface area contributed by atoms with Crippen LogP contribution in [0.4, 0.5) is 0 Å². The van der Waals surface area contributed by atoms with E-state index >= 15 is 0 Å². The first-order valence-electron chi connectivity index (χ1n) is 9.14. The van der Waals surface area contributed by atoms with Crippen molar-refractivity contribution in [3.63, 3.8) is 0 Å². The summed E-state index contributed by atoms with van der Waals surface area (Å²) in [4.78, 5) is 12.4. The number of nitrogens with one attached hydrogen (secondary N) is 1. The van der Waals surface area contributed by atoms with E-state index in [4.69, 9.17) is 43.0 Å². The van der Waals surface area contributed by atoms with Crippen molar-refractivity contribution in [2.75, 3.05) is 66.1 Å². The summed E-state index contributed by atoms with van der Waals surface area (Å²) in [6, 6.07) is 0. The van der Waals surface area contributed by atoms with E-state index in [-0.39, 0.29) is 58.6 Å². The van der Waals surface area contributed by atoms with Gasteiger partial charge in [-0.3, -0.25) is 4.79 Å². The molecule has 0 aliphatic rings. The molecule has 0 saturated carbocycles. The molecule has 0 fully saturated rings. The minimum atomic E-state index is -0.966. The third-order valence-corrected chi connectivity index (χ3v) is 3.29. The number of hydrogen-bond donors (Lipinski definition) is 1. The molecule has 0 saturated heterocycles. The van der Waals surface area contributed by atoms with E-state index in [1.807, 2.05) is 6.92 Å². The SMILES string of the molecule is C#CCOCC(COCC#C)(COCC#C)NC(=O)CCOCCOCCC. The standard InChI is InChI=1S/C21H31NO6/c1-5-10-24-15-16-25-14-9-20(23)22-21(17-26-11-6-2,18-27-12-7-3)19-28-13-8-4/h2-4H,5,9-19H2,1H3,(H,22,23). The predicted molar refractivity (Wildman–Crippen MR) is 106 cm³/mol. The lowest BCUT2D eigenvalue weighted by molar-refractivity contribution is -0.128. The average Bonchev–Trinajstić information content (AvgIpc) is 2.68. The number of carbonyl (C=O) groups excluding carboxylic acids is 1. The molecule has 0 aromatic rings. The molecule has 0 aromatic heterocycles. The second kappa shape index (κ2) is 18.3. The summed E-state index contributed by atoms with van der Waals surface area (Å²) in [5.41, 5.74) is -0.966. The van der Waals surface area contributed by atoms with Crippen LogP contribution >= 0.6 is 0 Å². The van der Waals surface area contributed by atoms with Crippen LogP contribution in [0.25, 0.3) is 0 Å². The fourth-order valence-electron chi connectivity index (χ4n) is 2.14. The quantitative estimate of drug-likeness (QED) is 0.272. The predicted octanol–water partition coefficient (Wildman–Crippen LogP) is 0.624. The molecule has 156 valence electrons. The Hall–Kier alpha value is -2.05. The highest BCUT2D eigenvalue weighted by Crippen LogP contribution is 2.10. The van der Waals surface area contributed by atoms with E-state index in [9.17, 15) is 4.79 Å². The van der Waals surface area contributed by atoms with Crippen molar-refractivity contribution in [1.82, 2.24) is 5.32 Å². The van der Waals surface area contributed by atoms with Gasteiger partial charge in [0.15, 0.2) is 0 Å². The number of ether oxygens (including phenoxy) is 5. The molecule has 0 heterocycles. The highest BCUT2D eigenvalue weighted by atomic mass is 16.5. The van der Waals surface area contributed by atoms with E-state index < -0.39 is 5.54 Å². The van der Waals surface area contributed by atoms with Crippen LogP contribution in [0, 0.1) is 37.0 Å². The third-order valence-electron chi connectivity index (χ3n) is 3.29. The van der Waals surface area contributed by atoms with Crippen molar-refractivity contribution in [2.45, 2.75) is 25.3 Å². The summed E-state index contributed by atoms with van der Waals surface area (Å²) in [6.07, 6.45) is 16.8. The number of terminal acetylenes is 3. The van der Waals surface area contributed by atoms with Crippen LogP contribution < -0.4 is 5.32 Å². The van der Waals surface area contributed by atoms with Gasteiger partial charge in [0, 0.05) is 13.0 Å². The van der Waals surface area contributed by atoms with E-state index in [0.29, 0.717) is 19.8 Å². The monoisotopic (exact) mass is 393 g/mol. The molecule has 0 aliphatic carbocycles. The molecule has 0 unspecified atom stereocenters. The number of hydrogen-bond acceptors (Lipinski definition) is 6. The van der Waals surface area contributed by atoms with Gasteiger partial charge in [-0.2, -0.15) is 0 Å². The number of carbonyl (C=O) groups is 1. The second-order valence-corrected chi connectivity index (χ2v) is 5.89. The summed E-state index contributed by atoms with van der Waals surface area (Å²) in [5.74, 6) is 6.89. The Bertz CT molecular complexity index is 478. The van der Waals surface area contributed by atoms with Gasteiger partial charge in [-0.05, 0) is 6.42 Å². The second-order valence-electron chi connectivity index (χ2n) is 5.89. The largest absolute Gasteiger partial charge is 0.379 e. The Balaban J connectivity index is 4.65. The molecule has 0 spiro atoms. The van der Waals surface area contributed by atoms with Gasteiger partial charge < -0.3 is 29.0 Å². The van der Waals surface area contributed by atoms with Gasteiger partial charge in [0.05, 0.1) is 39.6 Å². The molecule has 28 heavy (non-hydrogen) atoms. The molecule has 7 heteroatoms. The Morgan fingerprint density at radius 1 is 0.786 bits per heavy atom. The summed E-state index contributed by atoms with van der Waals surface area (Å²) in [7, 11) is 0. The van der Waals surface area contributed by atoms with Gasteiger partial charge in [-0.25, -0.2) is 0 Å². The topological polar surface area (TPSA) is 75.2 Å². The van der Waals surface area contributed by atoms with Crippen molar-refractivity contribution in [3.8, 4) is 37.0 Å². The maximum atomic E-state index is 12.4. The van der Waals surface area contributed by atoms with Crippen LogP contribution in [-0.4, -0.2) is 77.5 Å². The van der Waals surface area contributed by atoms with Gasteiger partial charge >= 0.3 is 0 Å². The van der Waals surface area contributed by atoms with Crippen LogP contribution in [-0.2, 0) is 28.5 Å². The lowest BCUT2D eigenvalue weighted by atomic mass is 10.0. The van der Waals surface area contributed by atoms with Crippen molar-refractivity contribution >= 4 is 5.91 Å². The molecular weight excluding hydrogens is 362 g/mol. The zero-order chi connectivity index (χ0) is 20.9. The maximum Gasteiger partial charge on any atom is 0.222 e. The van der Waals surface area contributed by atoms with Gasteiger partial charge in [0.1, 0.15) is 25.4 Å². The molecule has 0 aliphatic heterocycles. The first-order valence-corrected chi connectivity index (χ1v) is 9.14. The zero-order valence-corrected chi connectivity index (χ0v) is 16.7. The lowest BCUT2D eigenvalue weighted by Gasteiger charge is -2.33. The summed E-state index contributed by atoms with van der Waals surface area (Å²) >= 11 is 0. The molecule has 0 bridgehead atoms. The van der Waals surface area contributed by atoms with Crippen molar-refractivity contribution in [3.05, 3.63) is 0 Å². The molecule has 0 rings (SSSR count). The van der Waals surface area contributed by atoms with E-state index in [0.717, 1.165) is 6.42 Å². The Morgan fingerprint density at radius 3 is 1.68 bits per heavy atom. The Morgan fingerprint density at radius 2 is 1.25 bits per heavy atom. The van der Waals surface area contributed by atoms with Crippen molar-refractivity contribution in [2.24, 2.45) is 0 Å². The van der Waals surface area contributed by atoms with Crippen LogP contribution in [0.2, 0.25) is 0 Å². The number of amides is 1. The molecule has 0 aromatic carbocycles. The summed E-state index contributed by atoms with van der Waals surface area (Å²) in [5, 5.41) is 2.89. The summed E-state index contributed by atoms with van der Waals surface area (Å²) < 4.78 is 27.0. The maximum absolute atomic E-state index is 12.4. The first-order chi connectivity index (χ1) is 13.6. The fraction of sp³-hybridized carbons (Fsp3) is 0.667. The minimum absolute atomic E-state index is 0.0861. The van der Waals surface area contributed by atoms with E-state index in [2.05, 4.69) is 23.1 Å². The van der Waals surface area contributed by atoms with Crippen LogP contribution in [0.3, 0.4) is 0 Å². The highest BCUT2D eigenvalue weighted by molar-refractivity contribution is 5.77. The molecule has 1 N–H and O–H groups in total. The zero-order valence-electron chi connectivity index (χ0n) is 16.7. The molecule has 0 atom stereocenters. The lowest BCUT2D eigenvalue weighted by Crippen LogP contribution is -2.58. The average molecular weight is 393 g/mol. The van der Waals surface area contributed by atoms with Gasteiger partial charge in [0.2, 0.25) is 5.91 Å². The van der Waals surface area contributed by atoms with Crippen LogP contribution in [0.15, 0.2) is 0 Å². The highest BCUT2D eigenvalue weighted by Gasteiger charge is 2.33. The van der Waals surface area contributed by atoms with Gasteiger partial charge in [-0.15, -0.1) is 19.3 Å². The third kappa shape index (κ3) is 14.1. The molecule has 7 nitrogen and oxygen atoms in total. The number of rotatable bonds is 18. The van der Waals surface area contributed by atoms with Gasteiger partial charge in [0.25, 0.3) is 0 Å². The van der Waals surface area contributed by atoms with Crippen molar-refractivity contribution in [1.29, 1.82) is 0 Å².